The van der Waals surface area contributed by atoms with Crippen LogP contribution in [-0.2, 0) is 6.54 Å². The maximum absolute atomic E-state index is 11.3. The molecular formula is C11H20N4OS. The third-order valence-electron chi connectivity index (χ3n) is 2.86. The van der Waals surface area contributed by atoms with Crippen molar-refractivity contribution in [3.63, 3.8) is 0 Å². The first-order chi connectivity index (χ1) is 8.12. The summed E-state index contributed by atoms with van der Waals surface area (Å²) in [7, 11) is 0. The van der Waals surface area contributed by atoms with Crippen LogP contribution in [0.3, 0.4) is 0 Å². The standard InChI is InChI=1S/C11H20N4OS/c1-4-8(3)15(5-2)6-9-7-17-11(13-9)10(16)14-12/h7-8H,4-6,12H2,1-3H3,(H,14,16). The third kappa shape index (κ3) is 3.76. The number of nitrogens with one attached hydrogen (secondary N) is 1. The lowest BCUT2D eigenvalue weighted by Crippen LogP contribution is -2.32. The molecule has 0 spiro atoms. The van der Waals surface area contributed by atoms with Gasteiger partial charge in [-0.3, -0.25) is 15.1 Å². The van der Waals surface area contributed by atoms with Crippen LogP contribution in [0.15, 0.2) is 5.38 Å². The molecule has 17 heavy (non-hydrogen) atoms. The predicted molar refractivity (Wildman–Crippen MR) is 69.6 cm³/mol. The van der Waals surface area contributed by atoms with Crippen molar-refractivity contribution in [3.8, 4) is 0 Å². The summed E-state index contributed by atoms with van der Waals surface area (Å²) in [5.74, 6) is 4.74. The summed E-state index contributed by atoms with van der Waals surface area (Å²) in [5.41, 5.74) is 3.02. The molecule has 5 nitrogen and oxygen atoms in total. The number of amides is 1. The second-order valence-electron chi connectivity index (χ2n) is 3.94. The number of nitrogens with zero attached hydrogens (tertiary/aromatic N) is 2. The minimum atomic E-state index is -0.326. The fourth-order valence-electron chi connectivity index (χ4n) is 1.59. The summed E-state index contributed by atoms with van der Waals surface area (Å²) in [6, 6.07) is 0.522. The highest BCUT2D eigenvalue weighted by atomic mass is 32.1. The van der Waals surface area contributed by atoms with Gasteiger partial charge in [-0.1, -0.05) is 13.8 Å². The Morgan fingerprint density at radius 1 is 1.65 bits per heavy atom. The number of rotatable bonds is 6. The Morgan fingerprint density at radius 2 is 2.35 bits per heavy atom. The maximum Gasteiger partial charge on any atom is 0.294 e. The first-order valence-electron chi connectivity index (χ1n) is 5.81. The predicted octanol–water partition coefficient (Wildman–Crippen LogP) is 1.37. The van der Waals surface area contributed by atoms with Crippen LogP contribution < -0.4 is 11.3 Å². The lowest BCUT2D eigenvalue weighted by molar-refractivity contribution is 0.0953. The van der Waals surface area contributed by atoms with Gasteiger partial charge in [0.2, 0.25) is 0 Å². The number of nitrogens with two attached hydrogens (primary N) is 1. The van der Waals surface area contributed by atoms with Crippen molar-refractivity contribution in [2.45, 2.75) is 39.8 Å². The second kappa shape index (κ2) is 6.68. The summed E-state index contributed by atoms with van der Waals surface area (Å²) in [5, 5.41) is 2.33. The molecule has 96 valence electrons. The van der Waals surface area contributed by atoms with Crippen molar-refractivity contribution in [2.24, 2.45) is 5.84 Å². The van der Waals surface area contributed by atoms with E-state index in [2.05, 4.69) is 36.1 Å². The molecule has 0 bridgehead atoms. The van der Waals surface area contributed by atoms with Crippen LogP contribution in [0.2, 0.25) is 0 Å². The molecule has 0 aromatic carbocycles. The minimum Gasteiger partial charge on any atom is -0.295 e. The molecule has 1 unspecified atom stereocenters. The van der Waals surface area contributed by atoms with E-state index in [0.717, 1.165) is 25.2 Å². The van der Waals surface area contributed by atoms with E-state index >= 15 is 0 Å². The van der Waals surface area contributed by atoms with Crippen molar-refractivity contribution in [1.29, 1.82) is 0 Å². The zero-order valence-electron chi connectivity index (χ0n) is 10.6. The molecule has 1 atom stereocenters. The van der Waals surface area contributed by atoms with Crippen LogP contribution in [0.25, 0.3) is 0 Å². The van der Waals surface area contributed by atoms with E-state index in [1.54, 1.807) is 0 Å². The maximum atomic E-state index is 11.3. The van der Waals surface area contributed by atoms with E-state index in [1.807, 2.05) is 5.38 Å². The Bertz CT molecular complexity index is 366. The number of hydrazine groups is 1. The van der Waals surface area contributed by atoms with Gasteiger partial charge >= 0.3 is 0 Å². The number of hydrogen-bond donors (Lipinski definition) is 2. The molecule has 0 fully saturated rings. The van der Waals surface area contributed by atoms with E-state index < -0.39 is 0 Å². The minimum absolute atomic E-state index is 0.326. The number of nitrogen functional groups attached to an aromatic ring is 1. The van der Waals surface area contributed by atoms with Gasteiger partial charge < -0.3 is 0 Å². The fraction of sp³-hybridized carbons (Fsp3) is 0.636. The number of thiazole rings is 1. The molecule has 3 N–H and O–H groups in total. The van der Waals surface area contributed by atoms with E-state index in [-0.39, 0.29) is 5.91 Å². The zero-order chi connectivity index (χ0) is 12.8. The van der Waals surface area contributed by atoms with E-state index in [0.29, 0.717) is 11.0 Å². The Balaban J connectivity index is 2.67. The molecule has 0 saturated carbocycles. The Hall–Kier alpha value is -0.980. The van der Waals surface area contributed by atoms with E-state index in [9.17, 15) is 4.79 Å². The van der Waals surface area contributed by atoms with Crippen molar-refractivity contribution in [3.05, 3.63) is 16.1 Å². The van der Waals surface area contributed by atoms with E-state index in [1.165, 1.54) is 11.3 Å². The van der Waals surface area contributed by atoms with Crippen LogP contribution >= 0.6 is 11.3 Å². The van der Waals surface area contributed by atoms with Crippen LogP contribution in [-0.4, -0.2) is 28.4 Å². The molecule has 1 heterocycles. The molecule has 0 aliphatic carbocycles. The molecule has 0 saturated heterocycles. The molecule has 0 aliphatic rings. The summed E-state index contributed by atoms with van der Waals surface area (Å²) in [6.45, 7) is 8.25. The highest BCUT2D eigenvalue weighted by Gasteiger charge is 2.14. The topological polar surface area (TPSA) is 71.2 Å². The van der Waals surface area contributed by atoms with Gasteiger partial charge in [-0.25, -0.2) is 10.8 Å². The Morgan fingerprint density at radius 3 is 2.88 bits per heavy atom. The second-order valence-corrected chi connectivity index (χ2v) is 4.80. The fourth-order valence-corrected chi connectivity index (χ4v) is 2.30. The molecule has 1 rings (SSSR count). The molecule has 1 aromatic heterocycles. The molecule has 0 radical (unpaired) electrons. The highest BCUT2D eigenvalue weighted by Crippen LogP contribution is 2.14. The van der Waals surface area contributed by atoms with Crippen molar-refractivity contribution in [2.75, 3.05) is 6.54 Å². The summed E-state index contributed by atoms with van der Waals surface area (Å²) < 4.78 is 0. The van der Waals surface area contributed by atoms with Crippen LogP contribution in [0, 0.1) is 0 Å². The van der Waals surface area contributed by atoms with Crippen LogP contribution in [0.5, 0.6) is 0 Å². The number of aromatic nitrogens is 1. The zero-order valence-corrected chi connectivity index (χ0v) is 11.4. The van der Waals surface area contributed by atoms with Gasteiger partial charge in [-0.2, -0.15) is 0 Å². The van der Waals surface area contributed by atoms with E-state index in [4.69, 9.17) is 5.84 Å². The first-order valence-corrected chi connectivity index (χ1v) is 6.69. The smallest absolute Gasteiger partial charge is 0.294 e. The lowest BCUT2D eigenvalue weighted by Gasteiger charge is -2.25. The van der Waals surface area contributed by atoms with Gasteiger partial charge in [0.15, 0.2) is 5.01 Å². The number of carbonyl (C=O) groups excluding carboxylic acids is 1. The SMILES string of the molecule is CCC(C)N(CC)Cc1csc(C(=O)NN)n1. The average Bonchev–Trinajstić information content (AvgIpc) is 2.82. The van der Waals surface area contributed by atoms with Crippen LogP contribution in [0.1, 0.15) is 42.7 Å². The monoisotopic (exact) mass is 256 g/mol. The molecular weight excluding hydrogens is 236 g/mol. The van der Waals surface area contributed by atoms with Gasteiger partial charge in [0, 0.05) is 18.0 Å². The quantitative estimate of drug-likeness (QED) is 0.458. The molecule has 6 heteroatoms. The van der Waals surface area contributed by atoms with Gasteiger partial charge in [0.1, 0.15) is 0 Å². The van der Waals surface area contributed by atoms with Crippen LogP contribution in [0.4, 0.5) is 0 Å². The van der Waals surface area contributed by atoms with Crippen molar-refractivity contribution < 1.29 is 4.79 Å². The largest absolute Gasteiger partial charge is 0.295 e. The molecule has 0 aliphatic heterocycles. The summed E-state index contributed by atoms with van der Waals surface area (Å²) >= 11 is 1.32. The van der Waals surface area contributed by atoms with Gasteiger partial charge in [-0.15, -0.1) is 11.3 Å². The Labute approximate surface area is 106 Å². The number of hydrogen-bond acceptors (Lipinski definition) is 5. The molecule has 1 amide bonds. The van der Waals surface area contributed by atoms with Gasteiger partial charge in [0.05, 0.1) is 5.69 Å². The van der Waals surface area contributed by atoms with Gasteiger partial charge in [-0.05, 0) is 19.9 Å². The van der Waals surface area contributed by atoms with Gasteiger partial charge in [0.25, 0.3) is 5.91 Å². The summed E-state index contributed by atoms with van der Waals surface area (Å²) in [4.78, 5) is 17.9. The molecule has 1 aromatic rings. The lowest BCUT2D eigenvalue weighted by atomic mass is 10.2. The van der Waals surface area contributed by atoms with Crippen molar-refractivity contribution in [1.82, 2.24) is 15.3 Å². The Kier molecular flexibility index (Phi) is 5.54. The normalized spacial score (nSPS) is 12.8. The third-order valence-corrected chi connectivity index (χ3v) is 3.75. The average molecular weight is 256 g/mol. The first kappa shape index (κ1) is 14.1. The van der Waals surface area contributed by atoms with Crippen molar-refractivity contribution >= 4 is 17.2 Å². The highest BCUT2D eigenvalue weighted by molar-refractivity contribution is 7.11. The number of carbonyl (C=O) groups is 1. The summed E-state index contributed by atoms with van der Waals surface area (Å²) in [6.07, 6.45) is 1.11.